The zero-order valence-electron chi connectivity index (χ0n) is 18.0. The van der Waals surface area contributed by atoms with Crippen molar-refractivity contribution < 1.29 is 4.74 Å². The SMILES string of the molecule is N[C@H]1CC[C@H](NC(=S)C23CC4CC(c5ccccc5)(CC(C2)C4OC2CC2)C3)CC1. The molecule has 6 aliphatic carbocycles. The van der Waals surface area contributed by atoms with Crippen LogP contribution in [0.15, 0.2) is 30.3 Å². The third-order valence-electron chi connectivity index (χ3n) is 9.07. The summed E-state index contributed by atoms with van der Waals surface area (Å²) in [5.41, 5.74) is 8.14. The minimum absolute atomic E-state index is 0.167. The summed E-state index contributed by atoms with van der Waals surface area (Å²) < 4.78 is 6.63. The van der Waals surface area contributed by atoms with E-state index in [1.54, 1.807) is 5.56 Å². The van der Waals surface area contributed by atoms with E-state index >= 15 is 0 Å². The lowest BCUT2D eigenvalue weighted by molar-refractivity contribution is -0.155. The Morgan fingerprint density at radius 1 is 0.933 bits per heavy atom. The van der Waals surface area contributed by atoms with Gasteiger partial charge in [0.1, 0.15) is 0 Å². The van der Waals surface area contributed by atoms with Gasteiger partial charge < -0.3 is 15.8 Å². The van der Waals surface area contributed by atoms with Gasteiger partial charge in [0, 0.05) is 17.5 Å². The van der Waals surface area contributed by atoms with Gasteiger partial charge in [0.15, 0.2) is 0 Å². The molecule has 0 spiro atoms. The van der Waals surface area contributed by atoms with Crippen molar-refractivity contribution in [1.29, 1.82) is 0 Å². The second-order valence-corrected chi connectivity index (χ2v) is 11.7. The normalized spacial score (nSPS) is 44.8. The maximum atomic E-state index is 6.63. The molecule has 3 N–H and O–H groups in total. The predicted octanol–water partition coefficient (Wildman–Crippen LogP) is 4.87. The zero-order valence-corrected chi connectivity index (χ0v) is 18.8. The van der Waals surface area contributed by atoms with Crippen LogP contribution in [0.2, 0.25) is 0 Å². The van der Waals surface area contributed by atoms with Crippen LogP contribution in [-0.2, 0) is 10.2 Å². The minimum Gasteiger partial charge on any atom is -0.376 e. The maximum Gasteiger partial charge on any atom is 0.0818 e. The average molecular weight is 425 g/mol. The second-order valence-electron chi connectivity index (χ2n) is 11.3. The van der Waals surface area contributed by atoms with Crippen LogP contribution in [0.4, 0.5) is 0 Å². The standard InChI is InChI=1S/C26H36N2OS/c27-20-6-8-21(9-7-20)28-24(30)26-14-17-12-25(16-26,19-4-2-1-3-5-19)13-18(15-26)23(17)29-22-10-11-22/h1-5,17-18,20-23H,6-16,27H2,(H,28,30)/t17?,18?,20-,21-,23?,25?,26?. The Morgan fingerprint density at radius 3 is 2.23 bits per heavy atom. The molecule has 6 fully saturated rings. The fourth-order valence-electron chi connectivity index (χ4n) is 7.75. The van der Waals surface area contributed by atoms with E-state index in [0.717, 1.165) is 12.8 Å². The van der Waals surface area contributed by atoms with Crippen LogP contribution >= 0.6 is 12.2 Å². The highest BCUT2D eigenvalue weighted by Crippen LogP contribution is 2.67. The van der Waals surface area contributed by atoms with E-state index in [9.17, 15) is 0 Å². The molecule has 1 aromatic rings. The van der Waals surface area contributed by atoms with Crippen LogP contribution in [0.3, 0.4) is 0 Å². The van der Waals surface area contributed by atoms with Crippen molar-refractivity contribution in [1.82, 2.24) is 5.32 Å². The van der Waals surface area contributed by atoms with E-state index in [0.29, 0.717) is 36.1 Å². The lowest BCUT2D eigenvalue weighted by Gasteiger charge is -2.65. The van der Waals surface area contributed by atoms with Crippen molar-refractivity contribution in [3.63, 3.8) is 0 Å². The van der Waals surface area contributed by atoms with Gasteiger partial charge in [0.2, 0.25) is 0 Å². The van der Waals surface area contributed by atoms with E-state index in [1.807, 2.05) is 0 Å². The van der Waals surface area contributed by atoms with E-state index in [2.05, 4.69) is 35.6 Å². The van der Waals surface area contributed by atoms with Gasteiger partial charge in [-0.25, -0.2) is 0 Å². The van der Waals surface area contributed by atoms with Crippen LogP contribution in [0, 0.1) is 17.3 Å². The van der Waals surface area contributed by atoms with Gasteiger partial charge in [-0.2, -0.15) is 0 Å². The third kappa shape index (κ3) is 3.34. The first-order valence-electron chi connectivity index (χ1n) is 12.3. The molecule has 0 aliphatic heterocycles. The highest BCUT2D eigenvalue weighted by molar-refractivity contribution is 7.80. The van der Waals surface area contributed by atoms with Crippen molar-refractivity contribution in [3.05, 3.63) is 35.9 Å². The summed E-state index contributed by atoms with van der Waals surface area (Å²) in [5, 5.41) is 3.87. The molecule has 6 saturated carbocycles. The molecule has 0 amide bonds. The van der Waals surface area contributed by atoms with E-state index in [-0.39, 0.29) is 10.8 Å². The Kier molecular flexibility index (Phi) is 4.78. The molecule has 0 heterocycles. The molecule has 2 unspecified atom stereocenters. The first-order valence-corrected chi connectivity index (χ1v) is 12.7. The highest BCUT2D eigenvalue weighted by Gasteiger charge is 2.63. The molecule has 162 valence electrons. The fraction of sp³-hybridized carbons (Fsp3) is 0.731. The fourth-order valence-corrected chi connectivity index (χ4v) is 8.16. The first-order chi connectivity index (χ1) is 14.6. The Labute approximate surface area is 186 Å². The molecule has 6 aliphatic rings. The van der Waals surface area contributed by atoms with Crippen LogP contribution in [0.1, 0.15) is 76.2 Å². The number of benzene rings is 1. The molecule has 0 radical (unpaired) electrons. The number of nitrogens with two attached hydrogens (primary N) is 1. The maximum absolute atomic E-state index is 6.63. The molecule has 4 bridgehead atoms. The Hall–Kier alpha value is -0.970. The van der Waals surface area contributed by atoms with Crippen molar-refractivity contribution in [2.45, 2.75) is 100 Å². The summed E-state index contributed by atoms with van der Waals surface area (Å²) in [6.07, 6.45) is 14.4. The van der Waals surface area contributed by atoms with Gasteiger partial charge >= 0.3 is 0 Å². The number of rotatable bonds is 5. The smallest absolute Gasteiger partial charge is 0.0818 e. The zero-order chi connectivity index (χ0) is 20.3. The minimum atomic E-state index is 0.167. The average Bonchev–Trinajstić information content (AvgIpc) is 3.57. The molecule has 7 rings (SSSR count). The van der Waals surface area contributed by atoms with E-state index in [4.69, 9.17) is 22.7 Å². The summed E-state index contributed by atoms with van der Waals surface area (Å²) in [5.74, 6) is 1.32. The summed E-state index contributed by atoms with van der Waals surface area (Å²) in [6, 6.07) is 12.3. The Bertz CT molecular complexity index is 783. The monoisotopic (exact) mass is 424 g/mol. The number of nitrogens with one attached hydrogen (secondary N) is 1. The molecule has 30 heavy (non-hydrogen) atoms. The molecule has 3 nitrogen and oxygen atoms in total. The van der Waals surface area contributed by atoms with Gasteiger partial charge in [-0.05, 0) is 93.4 Å². The van der Waals surface area contributed by atoms with Gasteiger partial charge in [-0.15, -0.1) is 0 Å². The molecule has 2 atom stereocenters. The third-order valence-corrected chi connectivity index (χ3v) is 9.62. The Morgan fingerprint density at radius 2 is 1.60 bits per heavy atom. The van der Waals surface area contributed by atoms with Crippen molar-refractivity contribution >= 4 is 17.2 Å². The lowest BCUT2D eigenvalue weighted by Crippen LogP contribution is -2.64. The van der Waals surface area contributed by atoms with Gasteiger partial charge in [0.05, 0.1) is 17.2 Å². The van der Waals surface area contributed by atoms with Crippen LogP contribution in [-0.4, -0.2) is 29.3 Å². The van der Waals surface area contributed by atoms with Crippen molar-refractivity contribution in [2.75, 3.05) is 0 Å². The number of ether oxygens (including phenoxy) is 1. The van der Waals surface area contributed by atoms with Gasteiger partial charge in [-0.1, -0.05) is 42.5 Å². The molecule has 4 heteroatoms. The molecule has 1 aromatic carbocycles. The second kappa shape index (κ2) is 7.28. The summed E-state index contributed by atoms with van der Waals surface area (Å²) in [4.78, 5) is 1.17. The molecule has 0 aromatic heterocycles. The first kappa shape index (κ1) is 19.7. The van der Waals surface area contributed by atoms with Gasteiger partial charge in [-0.3, -0.25) is 0 Å². The summed E-state index contributed by atoms with van der Waals surface area (Å²) >= 11 is 6.21. The van der Waals surface area contributed by atoms with Crippen LogP contribution < -0.4 is 11.1 Å². The predicted molar refractivity (Wildman–Crippen MR) is 124 cm³/mol. The van der Waals surface area contributed by atoms with Gasteiger partial charge in [0.25, 0.3) is 0 Å². The molecular formula is C26H36N2OS. The van der Waals surface area contributed by atoms with Crippen LogP contribution in [0.5, 0.6) is 0 Å². The number of hydrogen-bond donors (Lipinski definition) is 2. The Balaban J connectivity index is 1.28. The van der Waals surface area contributed by atoms with E-state index in [1.165, 1.54) is 62.8 Å². The number of hydrogen-bond acceptors (Lipinski definition) is 3. The van der Waals surface area contributed by atoms with Crippen LogP contribution in [0.25, 0.3) is 0 Å². The quantitative estimate of drug-likeness (QED) is 0.662. The van der Waals surface area contributed by atoms with Crippen molar-refractivity contribution in [2.24, 2.45) is 23.0 Å². The molecule has 0 saturated heterocycles. The summed E-state index contributed by atoms with van der Waals surface area (Å²) in [7, 11) is 0. The topological polar surface area (TPSA) is 47.3 Å². The van der Waals surface area contributed by atoms with E-state index < -0.39 is 0 Å². The lowest BCUT2D eigenvalue weighted by atomic mass is 9.42. The molecular weight excluding hydrogens is 388 g/mol. The largest absolute Gasteiger partial charge is 0.376 e. The highest BCUT2D eigenvalue weighted by atomic mass is 32.1. The van der Waals surface area contributed by atoms with Crippen molar-refractivity contribution in [3.8, 4) is 0 Å². The number of thiocarbonyl (C=S) groups is 1. The summed E-state index contributed by atoms with van der Waals surface area (Å²) in [6.45, 7) is 0.